The Labute approximate surface area is 100.0 Å². The van der Waals surface area contributed by atoms with E-state index in [1.165, 1.54) is 25.3 Å². The number of halogens is 2. The summed E-state index contributed by atoms with van der Waals surface area (Å²) in [6.07, 6.45) is 0.407. The number of rotatable bonds is 3. The van der Waals surface area contributed by atoms with Gasteiger partial charge in [-0.25, -0.2) is 8.78 Å². The van der Waals surface area contributed by atoms with Crippen molar-refractivity contribution in [3.05, 3.63) is 29.6 Å². The van der Waals surface area contributed by atoms with Crippen molar-refractivity contribution in [2.24, 2.45) is 5.92 Å². The Hall–Kier alpha value is -1.16. The fraction of sp³-hybridized carbons (Fsp3) is 0.538. The van der Waals surface area contributed by atoms with Gasteiger partial charge in [0.15, 0.2) is 0 Å². The maximum atomic E-state index is 14.4. The lowest BCUT2D eigenvalue weighted by Crippen LogP contribution is -2.30. The summed E-state index contributed by atoms with van der Waals surface area (Å²) in [6, 6.07) is 4.02. The number of alkyl halides is 1. The maximum Gasteiger partial charge on any atom is 0.132 e. The first kappa shape index (κ1) is 12.3. The molecule has 94 valence electrons. The Morgan fingerprint density at radius 3 is 2.71 bits per heavy atom. The smallest absolute Gasteiger partial charge is 0.132 e. The number of piperidine rings is 1. The van der Waals surface area contributed by atoms with E-state index in [1.54, 1.807) is 0 Å². The molecule has 1 aromatic carbocycles. The third-order valence-electron chi connectivity index (χ3n) is 3.29. The lowest BCUT2D eigenvalue weighted by Gasteiger charge is -2.26. The molecule has 4 heteroatoms. The highest BCUT2D eigenvalue weighted by atomic mass is 19.1. The van der Waals surface area contributed by atoms with Crippen LogP contribution < -0.4 is 10.1 Å². The minimum Gasteiger partial charge on any atom is -0.496 e. The van der Waals surface area contributed by atoms with Crippen LogP contribution in [0, 0.1) is 11.7 Å². The monoisotopic (exact) mass is 241 g/mol. The highest BCUT2D eigenvalue weighted by Gasteiger charge is 2.27. The zero-order valence-electron chi connectivity index (χ0n) is 9.88. The van der Waals surface area contributed by atoms with Gasteiger partial charge < -0.3 is 10.1 Å². The van der Waals surface area contributed by atoms with Crippen LogP contribution in [0.15, 0.2) is 18.2 Å². The summed E-state index contributed by atoms with van der Waals surface area (Å²) in [5.74, 6) is -0.0400. The van der Waals surface area contributed by atoms with Gasteiger partial charge in [0.05, 0.1) is 7.11 Å². The summed E-state index contributed by atoms with van der Waals surface area (Å²) in [7, 11) is 1.48. The fourth-order valence-corrected chi connectivity index (χ4v) is 2.31. The van der Waals surface area contributed by atoms with Gasteiger partial charge in [0.1, 0.15) is 17.7 Å². The van der Waals surface area contributed by atoms with Gasteiger partial charge in [0, 0.05) is 5.56 Å². The average Bonchev–Trinajstić information content (AvgIpc) is 2.39. The summed E-state index contributed by atoms with van der Waals surface area (Å²) in [4.78, 5) is 0. The van der Waals surface area contributed by atoms with Gasteiger partial charge in [0.2, 0.25) is 0 Å². The van der Waals surface area contributed by atoms with Crippen LogP contribution in [0.4, 0.5) is 8.78 Å². The minimum absolute atomic E-state index is 0.0491. The second kappa shape index (κ2) is 5.45. The number of benzene rings is 1. The van der Waals surface area contributed by atoms with Gasteiger partial charge in [-0.05, 0) is 50.0 Å². The Bertz CT molecular complexity index is 378. The van der Waals surface area contributed by atoms with Crippen LogP contribution >= 0.6 is 0 Å². The highest BCUT2D eigenvalue weighted by molar-refractivity contribution is 5.36. The standard InChI is InChI=1S/C13H17F2NO/c1-17-12-3-2-10(14)8-11(12)13(15)9-4-6-16-7-5-9/h2-3,8-9,13,16H,4-7H2,1H3. The van der Waals surface area contributed by atoms with E-state index in [1.807, 2.05) is 0 Å². The second-order valence-corrected chi connectivity index (χ2v) is 4.38. The van der Waals surface area contributed by atoms with Crippen molar-refractivity contribution < 1.29 is 13.5 Å². The molecule has 1 aliphatic heterocycles. The van der Waals surface area contributed by atoms with Gasteiger partial charge in [-0.1, -0.05) is 0 Å². The predicted octanol–water partition coefficient (Wildman–Crippen LogP) is 2.84. The normalized spacial score (nSPS) is 19.0. The van der Waals surface area contributed by atoms with E-state index in [2.05, 4.69) is 5.32 Å². The molecule has 1 atom stereocenters. The van der Waals surface area contributed by atoms with Crippen LogP contribution in [-0.2, 0) is 0 Å². The van der Waals surface area contributed by atoms with Gasteiger partial charge >= 0.3 is 0 Å². The molecule has 0 aromatic heterocycles. The summed E-state index contributed by atoms with van der Waals surface area (Å²) >= 11 is 0. The Morgan fingerprint density at radius 2 is 2.06 bits per heavy atom. The van der Waals surface area contributed by atoms with Gasteiger partial charge in [0.25, 0.3) is 0 Å². The molecule has 0 bridgehead atoms. The van der Waals surface area contributed by atoms with Gasteiger partial charge in [-0.2, -0.15) is 0 Å². The molecular formula is C13H17F2NO. The molecule has 0 saturated carbocycles. The number of hydrogen-bond acceptors (Lipinski definition) is 2. The number of methoxy groups -OCH3 is 1. The molecular weight excluding hydrogens is 224 g/mol. The molecule has 1 aliphatic rings. The molecule has 1 fully saturated rings. The lowest BCUT2D eigenvalue weighted by molar-refractivity contribution is 0.185. The van der Waals surface area contributed by atoms with E-state index < -0.39 is 12.0 Å². The van der Waals surface area contributed by atoms with Crippen LogP contribution in [0.1, 0.15) is 24.6 Å². The first-order valence-corrected chi connectivity index (χ1v) is 5.90. The molecule has 1 heterocycles. The summed E-state index contributed by atoms with van der Waals surface area (Å²) < 4.78 is 32.6. The SMILES string of the molecule is COc1ccc(F)cc1C(F)C1CCNCC1. The number of nitrogens with one attached hydrogen (secondary N) is 1. The first-order valence-electron chi connectivity index (χ1n) is 5.90. The molecule has 1 unspecified atom stereocenters. The van der Waals surface area contributed by atoms with Crippen LogP contribution in [0.2, 0.25) is 0 Å². The Morgan fingerprint density at radius 1 is 1.35 bits per heavy atom. The first-order chi connectivity index (χ1) is 8.22. The van der Waals surface area contributed by atoms with Crippen molar-refractivity contribution >= 4 is 0 Å². The zero-order chi connectivity index (χ0) is 12.3. The summed E-state index contributed by atoms with van der Waals surface area (Å²) in [6.45, 7) is 1.64. The van der Waals surface area contributed by atoms with E-state index in [0.29, 0.717) is 11.3 Å². The predicted molar refractivity (Wildman–Crippen MR) is 62.4 cm³/mol. The summed E-state index contributed by atoms with van der Waals surface area (Å²) in [5.41, 5.74) is 0.333. The third-order valence-corrected chi connectivity index (χ3v) is 3.29. The maximum absolute atomic E-state index is 14.4. The van der Waals surface area contributed by atoms with Crippen molar-refractivity contribution in [1.29, 1.82) is 0 Å². The molecule has 0 amide bonds. The van der Waals surface area contributed by atoms with Crippen molar-refractivity contribution in [3.8, 4) is 5.75 Å². The van der Waals surface area contributed by atoms with Crippen molar-refractivity contribution in [2.75, 3.05) is 20.2 Å². The van der Waals surface area contributed by atoms with Crippen LogP contribution in [0.25, 0.3) is 0 Å². The van der Waals surface area contributed by atoms with E-state index in [9.17, 15) is 8.78 Å². The topological polar surface area (TPSA) is 21.3 Å². The fourth-order valence-electron chi connectivity index (χ4n) is 2.31. The molecule has 1 aromatic rings. The van der Waals surface area contributed by atoms with Crippen molar-refractivity contribution in [1.82, 2.24) is 5.32 Å². The molecule has 2 nitrogen and oxygen atoms in total. The van der Waals surface area contributed by atoms with Crippen LogP contribution in [0.5, 0.6) is 5.75 Å². The van der Waals surface area contributed by atoms with E-state index in [4.69, 9.17) is 4.74 Å². The molecule has 1 saturated heterocycles. The Kier molecular flexibility index (Phi) is 3.94. The van der Waals surface area contributed by atoms with Crippen molar-refractivity contribution in [2.45, 2.75) is 19.0 Å². The molecule has 0 spiro atoms. The zero-order valence-corrected chi connectivity index (χ0v) is 9.88. The number of hydrogen-bond donors (Lipinski definition) is 1. The van der Waals surface area contributed by atoms with E-state index in [-0.39, 0.29) is 5.92 Å². The van der Waals surface area contributed by atoms with Gasteiger partial charge in [-0.15, -0.1) is 0 Å². The third kappa shape index (κ3) is 2.75. The van der Waals surface area contributed by atoms with Crippen molar-refractivity contribution in [3.63, 3.8) is 0 Å². The molecule has 1 N–H and O–H groups in total. The second-order valence-electron chi connectivity index (χ2n) is 4.38. The quantitative estimate of drug-likeness (QED) is 0.878. The summed E-state index contributed by atoms with van der Waals surface area (Å²) in [5, 5.41) is 3.19. The largest absolute Gasteiger partial charge is 0.496 e. The number of ether oxygens (including phenoxy) is 1. The molecule has 0 aliphatic carbocycles. The molecule has 17 heavy (non-hydrogen) atoms. The Balaban J connectivity index is 2.21. The van der Waals surface area contributed by atoms with E-state index in [0.717, 1.165) is 25.9 Å². The molecule has 2 rings (SSSR count). The molecule has 0 radical (unpaired) electrons. The minimum atomic E-state index is -1.15. The van der Waals surface area contributed by atoms with Crippen LogP contribution in [0.3, 0.4) is 0 Å². The highest BCUT2D eigenvalue weighted by Crippen LogP contribution is 2.37. The van der Waals surface area contributed by atoms with Crippen LogP contribution in [-0.4, -0.2) is 20.2 Å². The van der Waals surface area contributed by atoms with Gasteiger partial charge in [-0.3, -0.25) is 0 Å². The lowest BCUT2D eigenvalue weighted by atomic mass is 9.89. The van der Waals surface area contributed by atoms with E-state index >= 15 is 0 Å². The average molecular weight is 241 g/mol.